The number of nitrogens with zero attached hydrogens (tertiary/aromatic N) is 1. The molecule has 1 atom stereocenters. The smallest absolute Gasteiger partial charge is 0.261 e. The number of amides is 1. The molecule has 0 bridgehead atoms. The molecule has 0 aromatic heterocycles. The third-order valence-electron chi connectivity index (χ3n) is 4.71. The maximum atomic E-state index is 12.5. The van der Waals surface area contributed by atoms with Crippen molar-refractivity contribution in [3.05, 3.63) is 11.3 Å². The standard InChI is InChI=1S/C20H35NO3/c1-5-6-7-8-9-10-11-12-13-21-17(14-15(2)3)19(23)18(16(4)22)20(21)24/h15,17,22H,5-14H2,1-4H3/b18-16-/t17-/m0/s1. The molecule has 1 rings (SSSR count). The molecule has 0 saturated carbocycles. The Bertz CT molecular complexity index is 450. The van der Waals surface area contributed by atoms with Gasteiger partial charge in [0.1, 0.15) is 11.3 Å². The second-order valence-electron chi connectivity index (χ2n) is 7.44. The zero-order chi connectivity index (χ0) is 18.1. The molecule has 0 spiro atoms. The van der Waals surface area contributed by atoms with Crippen LogP contribution in [0, 0.1) is 5.92 Å². The van der Waals surface area contributed by atoms with Gasteiger partial charge in [0.15, 0.2) is 5.78 Å². The zero-order valence-corrected chi connectivity index (χ0v) is 15.9. The van der Waals surface area contributed by atoms with E-state index >= 15 is 0 Å². The number of hydrogen-bond acceptors (Lipinski definition) is 3. The van der Waals surface area contributed by atoms with Gasteiger partial charge in [0.2, 0.25) is 0 Å². The summed E-state index contributed by atoms with van der Waals surface area (Å²) in [5.74, 6) is -0.287. The summed E-state index contributed by atoms with van der Waals surface area (Å²) in [4.78, 5) is 26.6. The third-order valence-corrected chi connectivity index (χ3v) is 4.71. The molecule has 4 nitrogen and oxygen atoms in total. The maximum Gasteiger partial charge on any atom is 0.261 e. The monoisotopic (exact) mass is 337 g/mol. The van der Waals surface area contributed by atoms with Gasteiger partial charge in [-0.1, -0.05) is 65.7 Å². The van der Waals surface area contributed by atoms with Gasteiger partial charge < -0.3 is 10.0 Å². The maximum absolute atomic E-state index is 12.5. The number of rotatable bonds is 11. The molecule has 1 aliphatic rings. The number of carbonyl (C=O) groups is 2. The minimum absolute atomic E-state index is 0.000200. The molecule has 1 N–H and O–H groups in total. The van der Waals surface area contributed by atoms with Crippen LogP contribution in [0.3, 0.4) is 0 Å². The van der Waals surface area contributed by atoms with Crippen molar-refractivity contribution in [1.29, 1.82) is 0 Å². The molecule has 1 fully saturated rings. The number of carbonyl (C=O) groups excluding carboxylic acids is 2. The van der Waals surface area contributed by atoms with Gasteiger partial charge in [-0.15, -0.1) is 0 Å². The Morgan fingerprint density at radius 1 is 1.04 bits per heavy atom. The molecular formula is C20H35NO3. The van der Waals surface area contributed by atoms with E-state index in [0.717, 1.165) is 12.8 Å². The summed E-state index contributed by atoms with van der Waals surface area (Å²) >= 11 is 0. The number of likely N-dealkylation sites (tertiary alicyclic amines) is 1. The second-order valence-corrected chi connectivity index (χ2v) is 7.44. The lowest BCUT2D eigenvalue weighted by atomic mass is 9.99. The predicted octanol–water partition coefficient (Wildman–Crippen LogP) is 4.79. The highest BCUT2D eigenvalue weighted by molar-refractivity contribution is 6.26. The fourth-order valence-electron chi connectivity index (χ4n) is 3.39. The number of ketones is 1. The van der Waals surface area contributed by atoms with E-state index in [1.54, 1.807) is 4.90 Å². The average molecular weight is 338 g/mol. The number of allylic oxidation sites excluding steroid dienone is 1. The number of Topliss-reactive ketones (excluding diaryl/α,β-unsaturated/α-hetero) is 1. The molecule has 1 heterocycles. The largest absolute Gasteiger partial charge is 0.512 e. The highest BCUT2D eigenvalue weighted by Crippen LogP contribution is 2.27. The van der Waals surface area contributed by atoms with Gasteiger partial charge >= 0.3 is 0 Å². The molecule has 24 heavy (non-hydrogen) atoms. The lowest BCUT2D eigenvalue weighted by Gasteiger charge is -2.24. The quantitative estimate of drug-likeness (QED) is 0.255. The van der Waals surface area contributed by atoms with Crippen LogP contribution in [0.5, 0.6) is 0 Å². The van der Waals surface area contributed by atoms with Crippen LogP contribution in [0.25, 0.3) is 0 Å². The fourth-order valence-corrected chi connectivity index (χ4v) is 3.39. The first-order valence-corrected chi connectivity index (χ1v) is 9.65. The normalized spacial score (nSPS) is 20.4. The summed E-state index contributed by atoms with van der Waals surface area (Å²) in [6.45, 7) is 8.38. The van der Waals surface area contributed by atoms with Crippen LogP contribution in [-0.2, 0) is 9.59 Å². The highest BCUT2D eigenvalue weighted by Gasteiger charge is 2.44. The van der Waals surface area contributed by atoms with Gasteiger partial charge in [-0.3, -0.25) is 9.59 Å². The molecule has 0 unspecified atom stereocenters. The summed E-state index contributed by atoms with van der Waals surface area (Å²) in [6, 6.07) is -0.390. The highest BCUT2D eigenvalue weighted by atomic mass is 16.3. The van der Waals surface area contributed by atoms with E-state index in [1.165, 1.54) is 45.4 Å². The third kappa shape index (κ3) is 5.95. The first-order valence-electron chi connectivity index (χ1n) is 9.65. The molecule has 0 aromatic carbocycles. The van der Waals surface area contributed by atoms with Crippen molar-refractivity contribution >= 4 is 11.7 Å². The Labute approximate surface area is 147 Å². The molecule has 1 saturated heterocycles. The first-order chi connectivity index (χ1) is 11.4. The van der Waals surface area contributed by atoms with Crippen molar-refractivity contribution < 1.29 is 14.7 Å². The van der Waals surface area contributed by atoms with Gasteiger partial charge in [-0.25, -0.2) is 0 Å². The van der Waals surface area contributed by atoms with E-state index in [2.05, 4.69) is 20.8 Å². The summed E-state index contributed by atoms with van der Waals surface area (Å²) < 4.78 is 0. The van der Waals surface area contributed by atoms with Crippen molar-refractivity contribution in [1.82, 2.24) is 4.90 Å². The van der Waals surface area contributed by atoms with Crippen molar-refractivity contribution in [3.63, 3.8) is 0 Å². The van der Waals surface area contributed by atoms with Crippen LogP contribution >= 0.6 is 0 Å². The van der Waals surface area contributed by atoms with Crippen LogP contribution in [0.15, 0.2) is 11.3 Å². The lowest BCUT2D eigenvalue weighted by molar-refractivity contribution is -0.127. The number of unbranched alkanes of at least 4 members (excludes halogenated alkanes) is 7. The molecular weight excluding hydrogens is 302 g/mol. The first kappa shape index (κ1) is 20.7. The van der Waals surface area contributed by atoms with Crippen molar-refractivity contribution in [2.45, 2.75) is 91.5 Å². The van der Waals surface area contributed by atoms with Crippen molar-refractivity contribution in [2.24, 2.45) is 5.92 Å². The minimum atomic E-state index is -0.390. The number of aliphatic hydroxyl groups excluding tert-OH is 1. The van der Waals surface area contributed by atoms with Gasteiger partial charge in [-0.05, 0) is 25.7 Å². The number of aliphatic hydroxyl groups is 1. The molecule has 4 heteroatoms. The lowest BCUT2D eigenvalue weighted by Crippen LogP contribution is -2.37. The zero-order valence-electron chi connectivity index (χ0n) is 15.9. The molecule has 1 aliphatic heterocycles. The summed E-state index contributed by atoms with van der Waals surface area (Å²) in [6.07, 6.45) is 10.3. The van der Waals surface area contributed by atoms with Crippen LogP contribution in [0.1, 0.15) is 85.5 Å². The fraction of sp³-hybridized carbons (Fsp3) is 0.800. The van der Waals surface area contributed by atoms with E-state index in [1.807, 2.05) is 0 Å². The molecule has 0 aromatic rings. The van der Waals surface area contributed by atoms with Crippen molar-refractivity contribution in [3.8, 4) is 0 Å². The minimum Gasteiger partial charge on any atom is -0.512 e. The van der Waals surface area contributed by atoms with E-state index in [0.29, 0.717) is 18.9 Å². The second kappa shape index (κ2) is 10.5. The van der Waals surface area contributed by atoms with E-state index < -0.39 is 0 Å². The van der Waals surface area contributed by atoms with Crippen LogP contribution in [-0.4, -0.2) is 34.3 Å². The Balaban J connectivity index is 2.50. The SMILES string of the molecule is CCCCCCCCCCN1C(=O)/C(=C(/C)O)C(=O)[C@@H]1CC(C)C. The van der Waals surface area contributed by atoms with Gasteiger partial charge in [-0.2, -0.15) is 0 Å². The molecule has 138 valence electrons. The van der Waals surface area contributed by atoms with Crippen LogP contribution in [0.4, 0.5) is 0 Å². The Morgan fingerprint density at radius 2 is 1.58 bits per heavy atom. The average Bonchev–Trinajstić information content (AvgIpc) is 2.73. The number of hydrogen-bond donors (Lipinski definition) is 1. The van der Waals surface area contributed by atoms with Crippen molar-refractivity contribution in [2.75, 3.05) is 6.54 Å². The van der Waals surface area contributed by atoms with Gasteiger partial charge in [0.05, 0.1) is 6.04 Å². The Morgan fingerprint density at radius 3 is 2.08 bits per heavy atom. The van der Waals surface area contributed by atoms with Gasteiger partial charge in [0, 0.05) is 6.54 Å². The predicted molar refractivity (Wildman–Crippen MR) is 97.9 cm³/mol. The van der Waals surface area contributed by atoms with E-state index in [-0.39, 0.29) is 29.1 Å². The van der Waals surface area contributed by atoms with Gasteiger partial charge in [0.25, 0.3) is 5.91 Å². The van der Waals surface area contributed by atoms with Crippen LogP contribution < -0.4 is 0 Å². The summed E-state index contributed by atoms with van der Waals surface area (Å²) in [5, 5.41) is 9.69. The molecule has 0 aliphatic carbocycles. The molecule has 1 amide bonds. The molecule has 0 radical (unpaired) electrons. The Kier molecular flexibility index (Phi) is 9.09. The van der Waals surface area contributed by atoms with E-state index in [4.69, 9.17) is 0 Å². The topological polar surface area (TPSA) is 57.6 Å². The van der Waals surface area contributed by atoms with E-state index in [9.17, 15) is 14.7 Å². The summed E-state index contributed by atoms with van der Waals surface area (Å²) in [5.41, 5.74) is 0.000200. The summed E-state index contributed by atoms with van der Waals surface area (Å²) in [7, 11) is 0. The Hall–Kier alpha value is -1.32. The van der Waals surface area contributed by atoms with Crippen LogP contribution in [0.2, 0.25) is 0 Å².